The Kier molecular flexibility index (Phi) is 8.93. The molecule has 6 aliphatic rings. The minimum Gasteiger partial charge on any atom is -0.461 e. The Morgan fingerprint density at radius 2 is 1.60 bits per heavy atom. The second kappa shape index (κ2) is 11.9. The van der Waals surface area contributed by atoms with E-state index in [0.29, 0.717) is 41.8 Å². The van der Waals surface area contributed by atoms with Crippen LogP contribution in [-0.2, 0) is 24.2 Å². The van der Waals surface area contributed by atoms with Gasteiger partial charge in [0, 0.05) is 43.6 Å². The van der Waals surface area contributed by atoms with Gasteiger partial charge in [-0.1, -0.05) is 34.1 Å². The summed E-state index contributed by atoms with van der Waals surface area (Å²) in [6.07, 6.45) is 14.8. The Hall–Kier alpha value is -0.990. The number of sulfone groups is 1. The van der Waals surface area contributed by atoms with Crippen molar-refractivity contribution in [3.8, 4) is 0 Å². The first-order valence-electron chi connectivity index (χ1n) is 18.4. The number of fused-ring (bicyclic) bond motifs is 7. The topological polar surface area (TPSA) is 92.8 Å². The molecular formula is C37H62N2O5S. The number of nitrogens with one attached hydrogen (secondary N) is 1. The van der Waals surface area contributed by atoms with E-state index in [2.05, 4.69) is 37.9 Å². The molecule has 0 aromatic carbocycles. The molecule has 1 aliphatic heterocycles. The third-order valence-electron chi connectivity index (χ3n) is 15.2. The van der Waals surface area contributed by atoms with Crippen LogP contribution in [0, 0.1) is 51.2 Å². The van der Waals surface area contributed by atoms with Gasteiger partial charge in [-0.15, -0.1) is 0 Å². The zero-order chi connectivity index (χ0) is 32.5. The highest BCUT2D eigenvalue weighted by molar-refractivity contribution is 7.91. The van der Waals surface area contributed by atoms with Crippen LogP contribution in [0.4, 0.5) is 0 Å². The van der Waals surface area contributed by atoms with Crippen molar-refractivity contribution in [2.75, 3.05) is 37.7 Å². The van der Waals surface area contributed by atoms with Crippen LogP contribution in [0.5, 0.6) is 0 Å². The molecule has 5 aliphatic carbocycles. The summed E-state index contributed by atoms with van der Waals surface area (Å²) in [5, 5.41) is 4.13. The maximum absolute atomic E-state index is 13.2. The van der Waals surface area contributed by atoms with Crippen molar-refractivity contribution in [3.63, 3.8) is 0 Å². The molecule has 6 rings (SSSR count). The highest BCUT2D eigenvalue weighted by Crippen LogP contribution is 2.72. The molecule has 8 heteroatoms. The lowest BCUT2D eigenvalue weighted by atomic mass is 9.36. The van der Waals surface area contributed by atoms with Crippen molar-refractivity contribution in [2.24, 2.45) is 51.2 Å². The number of rotatable bonds is 8. The second-order valence-electron chi connectivity index (χ2n) is 18.1. The number of hydrogen-bond acceptors (Lipinski definition) is 7. The third kappa shape index (κ3) is 5.77. The number of esters is 1. The zero-order valence-corrected chi connectivity index (χ0v) is 30.0. The van der Waals surface area contributed by atoms with Crippen molar-refractivity contribution in [2.45, 2.75) is 130 Å². The third-order valence-corrected chi connectivity index (χ3v) is 16.8. The summed E-state index contributed by atoms with van der Waals surface area (Å²) >= 11 is 0. The predicted molar refractivity (Wildman–Crippen MR) is 178 cm³/mol. The lowest BCUT2D eigenvalue weighted by molar-refractivity contribution is -0.222. The maximum Gasteiger partial charge on any atom is 0.312 e. The molecule has 0 bridgehead atoms. The fraction of sp³-hybridized carbons (Fsp3) is 0.946. The van der Waals surface area contributed by atoms with E-state index in [-0.39, 0.29) is 34.9 Å². The summed E-state index contributed by atoms with van der Waals surface area (Å²) in [4.78, 5) is 26.7. The number of ether oxygens (including phenoxy) is 1. The quantitative estimate of drug-likeness (QED) is 0.254. The Morgan fingerprint density at radius 1 is 0.889 bits per heavy atom. The molecule has 9 atom stereocenters. The van der Waals surface area contributed by atoms with E-state index < -0.39 is 15.3 Å². The van der Waals surface area contributed by atoms with Crippen LogP contribution >= 0.6 is 0 Å². The molecule has 7 nitrogen and oxygen atoms in total. The van der Waals surface area contributed by atoms with E-state index >= 15 is 0 Å². The molecule has 45 heavy (non-hydrogen) atoms. The fourth-order valence-corrected chi connectivity index (χ4v) is 14.0. The van der Waals surface area contributed by atoms with Gasteiger partial charge in [-0.25, -0.2) is 8.42 Å². The van der Waals surface area contributed by atoms with E-state index in [4.69, 9.17) is 4.74 Å². The molecule has 9 unspecified atom stereocenters. The van der Waals surface area contributed by atoms with Crippen LogP contribution in [0.15, 0.2) is 0 Å². The monoisotopic (exact) mass is 646 g/mol. The van der Waals surface area contributed by atoms with Crippen LogP contribution < -0.4 is 5.32 Å². The highest BCUT2D eigenvalue weighted by atomic mass is 32.2. The van der Waals surface area contributed by atoms with Crippen molar-refractivity contribution in [1.82, 2.24) is 10.2 Å². The molecule has 0 radical (unpaired) electrons. The fourth-order valence-electron chi connectivity index (χ4n) is 12.7. The average Bonchev–Trinajstić information content (AvgIpc) is 3.39. The predicted octanol–water partition coefficient (Wildman–Crippen LogP) is 6.05. The van der Waals surface area contributed by atoms with Crippen LogP contribution in [0.3, 0.4) is 0 Å². The smallest absolute Gasteiger partial charge is 0.312 e. The number of carbonyl (C=O) groups is 2. The summed E-state index contributed by atoms with van der Waals surface area (Å²) in [5.74, 6) is 4.01. The SMILES string of the molecule is CC(C)(CC=O)C(=O)OC1CCC2(C)C(CCC3(C)C4CCC5(NCCN6CCS(=O)(=O)CC6)CCCC5C4CCC32)C1(C)C. The Morgan fingerprint density at radius 3 is 2.31 bits per heavy atom. The summed E-state index contributed by atoms with van der Waals surface area (Å²) in [6.45, 7) is 17.0. The van der Waals surface area contributed by atoms with E-state index in [1.807, 2.05) is 13.8 Å². The number of nitrogens with zero attached hydrogens (tertiary/aromatic N) is 1. The van der Waals surface area contributed by atoms with Gasteiger partial charge in [-0.2, -0.15) is 0 Å². The van der Waals surface area contributed by atoms with Gasteiger partial charge < -0.3 is 19.7 Å². The molecule has 5 saturated carbocycles. The van der Waals surface area contributed by atoms with E-state index in [1.165, 1.54) is 57.8 Å². The van der Waals surface area contributed by atoms with Crippen LogP contribution in [0.1, 0.15) is 119 Å². The van der Waals surface area contributed by atoms with Crippen molar-refractivity contribution in [1.29, 1.82) is 0 Å². The van der Waals surface area contributed by atoms with Gasteiger partial charge in [0.2, 0.25) is 0 Å². The molecule has 0 spiro atoms. The lowest BCUT2D eigenvalue weighted by Crippen LogP contribution is -2.65. The normalized spacial score (nSPS) is 44.1. The molecule has 6 fully saturated rings. The van der Waals surface area contributed by atoms with Gasteiger partial charge in [-0.3, -0.25) is 4.79 Å². The molecule has 1 N–H and O–H groups in total. The first kappa shape index (κ1) is 33.9. The van der Waals surface area contributed by atoms with Crippen LogP contribution in [0.25, 0.3) is 0 Å². The van der Waals surface area contributed by atoms with E-state index in [9.17, 15) is 18.0 Å². The first-order valence-corrected chi connectivity index (χ1v) is 20.2. The molecule has 1 heterocycles. The average molecular weight is 647 g/mol. The van der Waals surface area contributed by atoms with Gasteiger partial charge in [0.25, 0.3) is 0 Å². The Bertz CT molecular complexity index is 1240. The molecule has 1 saturated heterocycles. The molecule has 0 amide bonds. The summed E-state index contributed by atoms with van der Waals surface area (Å²) in [5.41, 5.74) is 0.0353. The molecule has 0 aromatic rings. The molecular weight excluding hydrogens is 584 g/mol. The van der Waals surface area contributed by atoms with E-state index in [0.717, 1.165) is 50.0 Å². The first-order chi connectivity index (χ1) is 21.1. The van der Waals surface area contributed by atoms with Gasteiger partial charge >= 0.3 is 5.97 Å². The summed E-state index contributed by atoms with van der Waals surface area (Å²) in [7, 11) is -2.83. The molecule has 0 aromatic heterocycles. The maximum atomic E-state index is 13.2. The van der Waals surface area contributed by atoms with Gasteiger partial charge in [0.15, 0.2) is 9.84 Å². The standard InChI is InChI=1S/C37H62N2O5S/c1-33(2,18-23-40)32(41)44-31-13-16-36(6)29(34(31,3)4)12-15-35(5)27-11-17-37(14-7-8-28(37)26(27)9-10-30(35)36)38-19-20-39-21-24-45(42,43)25-22-39/h23,26-31,38H,7-22,24-25H2,1-6H3. The minimum absolute atomic E-state index is 0.0896. The Labute approximate surface area is 273 Å². The summed E-state index contributed by atoms with van der Waals surface area (Å²) in [6, 6.07) is 0. The second-order valence-corrected chi connectivity index (χ2v) is 20.4. The van der Waals surface area contributed by atoms with Gasteiger partial charge in [-0.05, 0) is 118 Å². The highest BCUT2D eigenvalue weighted by Gasteiger charge is 2.66. The van der Waals surface area contributed by atoms with Crippen LogP contribution in [-0.4, -0.2) is 74.9 Å². The number of hydrogen-bond donors (Lipinski definition) is 1. The van der Waals surface area contributed by atoms with Crippen LogP contribution in [0.2, 0.25) is 0 Å². The molecule has 256 valence electrons. The van der Waals surface area contributed by atoms with Gasteiger partial charge in [0.1, 0.15) is 12.4 Å². The zero-order valence-electron chi connectivity index (χ0n) is 29.2. The largest absolute Gasteiger partial charge is 0.461 e. The van der Waals surface area contributed by atoms with E-state index in [1.54, 1.807) is 0 Å². The lowest BCUT2D eigenvalue weighted by Gasteiger charge is -2.69. The van der Waals surface area contributed by atoms with Crippen molar-refractivity contribution < 1.29 is 22.7 Å². The van der Waals surface area contributed by atoms with Gasteiger partial charge in [0.05, 0.1) is 16.9 Å². The summed E-state index contributed by atoms with van der Waals surface area (Å²) < 4.78 is 30.1. The van der Waals surface area contributed by atoms with Crippen molar-refractivity contribution in [3.05, 3.63) is 0 Å². The Balaban J connectivity index is 1.13. The minimum atomic E-state index is -2.83. The van der Waals surface area contributed by atoms with Crippen molar-refractivity contribution >= 4 is 22.1 Å². The number of carbonyl (C=O) groups excluding carboxylic acids is 2. The number of aldehydes is 1.